The number of anilines is 1. The Hall–Kier alpha value is -1.91. The first-order valence-electron chi connectivity index (χ1n) is 11.2. The van der Waals surface area contributed by atoms with Crippen molar-refractivity contribution >= 4 is 41.7 Å². The Balaban J connectivity index is 0.00000512. The topological polar surface area (TPSA) is 87.2 Å². The lowest BCUT2D eigenvalue weighted by molar-refractivity contribution is 0.0527. The van der Waals surface area contributed by atoms with Crippen LogP contribution < -0.4 is 25.6 Å². The zero-order chi connectivity index (χ0) is 22.7. The van der Waals surface area contributed by atoms with Crippen LogP contribution in [-0.2, 0) is 4.74 Å². The molecule has 0 aromatic heterocycles. The SMILES string of the molecule is CCNC(=NCC1CCN(c2cccc(OC)c2)C1)NCCCNC(=O)OC(C)(C)C.I. The molecule has 1 aliphatic rings. The lowest BCUT2D eigenvalue weighted by atomic mass is 10.1. The third-order valence-corrected chi connectivity index (χ3v) is 4.87. The molecule has 2 rings (SSSR count). The Morgan fingerprint density at radius 1 is 1.22 bits per heavy atom. The van der Waals surface area contributed by atoms with Crippen molar-refractivity contribution in [2.75, 3.05) is 51.3 Å². The van der Waals surface area contributed by atoms with Crippen molar-refractivity contribution in [2.24, 2.45) is 10.9 Å². The molecule has 0 saturated carbocycles. The number of aliphatic imine (C=N–C) groups is 1. The number of alkyl carbamates (subject to hydrolysis) is 1. The monoisotopic (exact) mass is 561 g/mol. The van der Waals surface area contributed by atoms with E-state index in [1.807, 2.05) is 32.9 Å². The molecule has 1 fully saturated rings. The number of carbonyl (C=O) groups excluding carboxylic acids is 1. The zero-order valence-electron chi connectivity index (χ0n) is 20.1. The van der Waals surface area contributed by atoms with Gasteiger partial charge in [0.2, 0.25) is 0 Å². The number of benzene rings is 1. The third-order valence-electron chi connectivity index (χ3n) is 4.87. The second kappa shape index (κ2) is 14.3. The second-order valence-corrected chi connectivity index (χ2v) is 8.73. The first kappa shape index (κ1) is 28.1. The van der Waals surface area contributed by atoms with Gasteiger partial charge in [-0.05, 0) is 58.6 Å². The predicted octanol–water partition coefficient (Wildman–Crippen LogP) is 3.61. The molecule has 1 saturated heterocycles. The van der Waals surface area contributed by atoms with Crippen LogP contribution in [0.5, 0.6) is 5.75 Å². The number of rotatable bonds is 9. The summed E-state index contributed by atoms with van der Waals surface area (Å²) in [6, 6.07) is 8.22. The number of hydrogen-bond donors (Lipinski definition) is 3. The number of halogens is 1. The Kier molecular flexibility index (Phi) is 12.6. The van der Waals surface area contributed by atoms with E-state index in [0.717, 1.165) is 57.3 Å². The Labute approximate surface area is 209 Å². The smallest absolute Gasteiger partial charge is 0.407 e. The van der Waals surface area contributed by atoms with Gasteiger partial charge in [-0.3, -0.25) is 4.99 Å². The summed E-state index contributed by atoms with van der Waals surface area (Å²) in [4.78, 5) is 18.8. The van der Waals surface area contributed by atoms with Gasteiger partial charge in [0.1, 0.15) is 11.4 Å². The third kappa shape index (κ3) is 10.6. The number of carbonyl (C=O) groups is 1. The summed E-state index contributed by atoms with van der Waals surface area (Å²) in [6.07, 6.45) is 1.53. The molecule has 3 N–H and O–H groups in total. The Bertz CT molecular complexity index is 724. The van der Waals surface area contributed by atoms with Crippen molar-refractivity contribution in [3.05, 3.63) is 24.3 Å². The fourth-order valence-corrected chi connectivity index (χ4v) is 3.39. The predicted molar refractivity (Wildman–Crippen MR) is 142 cm³/mol. The Morgan fingerprint density at radius 3 is 2.66 bits per heavy atom. The van der Waals surface area contributed by atoms with Gasteiger partial charge in [0.05, 0.1) is 7.11 Å². The molecule has 0 spiro atoms. The molecule has 32 heavy (non-hydrogen) atoms. The van der Waals surface area contributed by atoms with Gasteiger partial charge < -0.3 is 30.3 Å². The highest BCUT2D eigenvalue weighted by atomic mass is 127. The molecule has 9 heteroatoms. The minimum absolute atomic E-state index is 0. The zero-order valence-corrected chi connectivity index (χ0v) is 22.4. The van der Waals surface area contributed by atoms with Gasteiger partial charge in [0.15, 0.2) is 5.96 Å². The van der Waals surface area contributed by atoms with Crippen molar-refractivity contribution in [1.29, 1.82) is 0 Å². The van der Waals surface area contributed by atoms with Crippen molar-refractivity contribution in [3.8, 4) is 5.75 Å². The van der Waals surface area contributed by atoms with Crippen molar-refractivity contribution in [1.82, 2.24) is 16.0 Å². The van der Waals surface area contributed by atoms with Gasteiger partial charge in [0.25, 0.3) is 0 Å². The number of nitrogens with zero attached hydrogens (tertiary/aromatic N) is 2. The molecular weight excluding hydrogens is 521 g/mol. The highest BCUT2D eigenvalue weighted by molar-refractivity contribution is 14.0. The largest absolute Gasteiger partial charge is 0.497 e. The minimum atomic E-state index is -0.477. The molecule has 8 nitrogen and oxygen atoms in total. The summed E-state index contributed by atoms with van der Waals surface area (Å²) in [5.74, 6) is 2.23. The maximum atomic E-state index is 11.7. The summed E-state index contributed by atoms with van der Waals surface area (Å²) in [5.41, 5.74) is 0.726. The molecule has 1 aliphatic heterocycles. The van der Waals surface area contributed by atoms with Crippen molar-refractivity contribution < 1.29 is 14.3 Å². The summed E-state index contributed by atoms with van der Waals surface area (Å²) in [7, 11) is 1.70. The number of amides is 1. The standard InChI is InChI=1S/C23H39N5O3.HI/c1-6-24-21(25-12-8-13-26-22(29)31-23(2,3)4)27-16-18-11-14-28(17-18)19-9-7-10-20(15-19)30-5;/h7,9-10,15,18H,6,8,11-14,16-17H2,1-5H3,(H,26,29)(H2,24,25,27);1H. The number of methoxy groups -OCH3 is 1. The highest BCUT2D eigenvalue weighted by Crippen LogP contribution is 2.26. The number of nitrogens with one attached hydrogen (secondary N) is 3. The van der Waals surface area contributed by atoms with Crippen LogP contribution in [0.25, 0.3) is 0 Å². The quantitative estimate of drug-likeness (QED) is 0.185. The van der Waals surface area contributed by atoms with E-state index in [0.29, 0.717) is 12.5 Å². The van der Waals surface area contributed by atoms with E-state index in [4.69, 9.17) is 14.5 Å². The van der Waals surface area contributed by atoms with Gasteiger partial charge in [-0.25, -0.2) is 4.79 Å². The molecule has 182 valence electrons. The van der Waals surface area contributed by atoms with E-state index in [1.165, 1.54) is 5.69 Å². The van der Waals surface area contributed by atoms with Gasteiger partial charge >= 0.3 is 6.09 Å². The van der Waals surface area contributed by atoms with Crippen LogP contribution in [0.2, 0.25) is 0 Å². The molecule has 0 aliphatic carbocycles. The molecule has 1 aromatic carbocycles. The van der Waals surface area contributed by atoms with E-state index in [-0.39, 0.29) is 30.1 Å². The van der Waals surface area contributed by atoms with E-state index >= 15 is 0 Å². The fraction of sp³-hybridized carbons (Fsp3) is 0.652. The van der Waals surface area contributed by atoms with Gasteiger partial charge in [-0.2, -0.15) is 0 Å². The summed E-state index contributed by atoms with van der Waals surface area (Å²) < 4.78 is 10.6. The first-order valence-corrected chi connectivity index (χ1v) is 11.2. The maximum absolute atomic E-state index is 11.7. The number of hydrogen-bond acceptors (Lipinski definition) is 5. The van der Waals surface area contributed by atoms with Crippen LogP contribution in [0.3, 0.4) is 0 Å². The van der Waals surface area contributed by atoms with E-state index in [9.17, 15) is 4.79 Å². The van der Waals surface area contributed by atoms with Crippen molar-refractivity contribution in [2.45, 2.75) is 46.1 Å². The lowest BCUT2D eigenvalue weighted by Crippen LogP contribution is -2.39. The van der Waals surface area contributed by atoms with Crippen LogP contribution in [0.4, 0.5) is 10.5 Å². The number of ether oxygens (including phenoxy) is 2. The van der Waals surface area contributed by atoms with Gasteiger partial charge in [-0.15, -0.1) is 24.0 Å². The van der Waals surface area contributed by atoms with Crippen LogP contribution in [0, 0.1) is 5.92 Å². The Morgan fingerprint density at radius 2 is 1.97 bits per heavy atom. The molecule has 1 atom stereocenters. The van der Waals surface area contributed by atoms with Gasteiger partial charge in [-0.1, -0.05) is 6.07 Å². The number of guanidine groups is 1. The summed E-state index contributed by atoms with van der Waals surface area (Å²) >= 11 is 0. The van der Waals surface area contributed by atoms with Crippen LogP contribution in [0.15, 0.2) is 29.3 Å². The van der Waals surface area contributed by atoms with Gasteiger partial charge in [0, 0.05) is 51.0 Å². The fourth-order valence-electron chi connectivity index (χ4n) is 3.39. The lowest BCUT2D eigenvalue weighted by Gasteiger charge is -2.20. The summed E-state index contributed by atoms with van der Waals surface area (Å²) in [5, 5.41) is 9.41. The van der Waals surface area contributed by atoms with E-state index in [2.05, 4.69) is 39.9 Å². The van der Waals surface area contributed by atoms with Crippen molar-refractivity contribution in [3.63, 3.8) is 0 Å². The molecule has 0 radical (unpaired) electrons. The molecule has 1 unspecified atom stereocenters. The molecule has 1 heterocycles. The second-order valence-electron chi connectivity index (χ2n) is 8.73. The molecular formula is C23H40IN5O3. The van der Waals surface area contributed by atoms with E-state index < -0.39 is 5.60 Å². The van der Waals surface area contributed by atoms with E-state index in [1.54, 1.807) is 7.11 Å². The average Bonchev–Trinajstić information content (AvgIpc) is 3.19. The molecule has 1 aromatic rings. The van der Waals surface area contributed by atoms with Crippen LogP contribution in [-0.4, -0.2) is 64.0 Å². The highest BCUT2D eigenvalue weighted by Gasteiger charge is 2.23. The first-order chi connectivity index (χ1) is 14.8. The summed E-state index contributed by atoms with van der Waals surface area (Å²) in [6.45, 7) is 12.5. The molecule has 1 amide bonds. The maximum Gasteiger partial charge on any atom is 0.407 e. The average molecular weight is 562 g/mol. The molecule has 0 bridgehead atoms. The van der Waals surface area contributed by atoms with Crippen LogP contribution in [0.1, 0.15) is 40.5 Å². The normalized spacial score (nSPS) is 16.2. The minimum Gasteiger partial charge on any atom is -0.497 e. The van der Waals surface area contributed by atoms with Crippen LogP contribution >= 0.6 is 24.0 Å².